The number of benzene rings is 2. The van der Waals surface area contributed by atoms with E-state index in [9.17, 15) is 9.65 Å². The van der Waals surface area contributed by atoms with Crippen LogP contribution in [0.1, 0.15) is 5.56 Å². The largest absolute Gasteiger partial charge is 0.369 e. The zero-order valence-corrected chi connectivity index (χ0v) is 12.4. The Labute approximate surface area is 127 Å². The molecule has 0 aliphatic rings. The lowest BCUT2D eigenvalue weighted by Crippen LogP contribution is -2.07. The maximum absolute atomic E-state index is 13.5. The van der Waals surface area contributed by atoms with Crippen molar-refractivity contribution in [1.82, 2.24) is 4.90 Å². The summed E-state index contributed by atoms with van der Waals surface area (Å²) in [6, 6.07) is 11.9. The van der Waals surface area contributed by atoms with Gasteiger partial charge in [-0.15, -0.1) is 0 Å². The molecule has 0 bridgehead atoms. The van der Waals surface area contributed by atoms with Crippen molar-refractivity contribution in [3.63, 3.8) is 0 Å². The normalized spacial score (nSPS) is 10.6. The van der Waals surface area contributed by atoms with Crippen molar-refractivity contribution < 1.29 is 4.39 Å². The van der Waals surface area contributed by atoms with Crippen LogP contribution in [-0.2, 0) is 0 Å². The summed E-state index contributed by atoms with van der Waals surface area (Å²) in [5.74, 6) is -0.484. The van der Waals surface area contributed by atoms with Gasteiger partial charge < -0.3 is 4.90 Å². The molecule has 5 heteroatoms. The highest BCUT2D eigenvalue weighted by Crippen LogP contribution is 2.28. The first-order chi connectivity index (χ1) is 10.0. The topological polar surface area (TPSA) is 39.4 Å². The van der Waals surface area contributed by atoms with Crippen molar-refractivity contribution in [2.45, 2.75) is 0 Å². The zero-order chi connectivity index (χ0) is 15.4. The maximum atomic E-state index is 13.5. The summed E-state index contributed by atoms with van der Waals surface area (Å²) in [5.41, 5.74) is 2.41. The van der Waals surface area contributed by atoms with Gasteiger partial charge in [-0.25, -0.2) is 9.38 Å². The van der Waals surface area contributed by atoms with E-state index in [1.54, 1.807) is 35.5 Å². The quantitative estimate of drug-likeness (QED) is 0.628. The van der Waals surface area contributed by atoms with Gasteiger partial charge in [-0.3, -0.25) is 0 Å². The summed E-state index contributed by atoms with van der Waals surface area (Å²) in [6.45, 7) is 0. The Bertz CT molecular complexity index is 733. The van der Waals surface area contributed by atoms with Crippen molar-refractivity contribution in [2.75, 3.05) is 14.1 Å². The van der Waals surface area contributed by atoms with Crippen LogP contribution in [-0.4, -0.2) is 25.3 Å². The molecular weight excluding hydrogens is 289 g/mol. The molecule has 0 atom stereocenters. The average Bonchev–Trinajstić information content (AvgIpc) is 2.47. The molecule has 0 fully saturated rings. The summed E-state index contributed by atoms with van der Waals surface area (Å²) in [4.78, 5) is 6.01. The van der Waals surface area contributed by atoms with E-state index in [-0.39, 0.29) is 5.02 Å². The molecule has 2 rings (SSSR count). The molecule has 0 aliphatic heterocycles. The van der Waals surface area contributed by atoms with E-state index >= 15 is 0 Å². The van der Waals surface area contributed by atoms with Crippen LogP contribution in [0.25, 0.3) is 11.1 Å². The number of hydrogen-bond donors (Lipinski definition) is 0. The molecule has 0 heterocycles. The van der Waals surface area contributed by atoms with E-state index in [1.165, 1.54) is 12.1 Å². The van der Waals surface area contributed by atoms with Gasteiger partial charge in [0.2, 0.25) is 0 Å². The second kappa shape index (κ2) is 6.38. The van der Waals surface area contributed by atoms with Crippen LogP contribution in [0.15, 0.2) is 41.4 Å². The minimum Gasteiger partial charge on any atom is -0.369 e. The smallest absolute Gasteiger partial charge is 0.142 e. The molecule has 106 valence electrons. The molecule has 2 aromatic carbocycles. The first-order valence-electron chi connectivity index (χ1n) is 6.21. The van der Waals surface area contributed by atoms with E-state index in [4.69, 9.17) is 11.6 Å². The summed E-state index contributed by atoms with van der Waals surface area (Å²) in [6.07, 6.45) is 1.62. The Morgan fingerprint density at radius 1 is 1.19 bits per heavy atom. The maximum Gasteiger partial charge on any atom is 0.142 e. The standard InChI is InChI=1S/C16H13ClFN3/c1-21(2)10-20-16-6-4-11(7-13(16)9-19)12-3-5-14(17)15(18)8-12/h3-8,10H,1-2H3/b20-10-. The fraction of sp³-hybridized carbons (Fsp3) is 0.125. The second-order valence-electron chi connectivity index (χ2n) is 4.68. The third-order valence-corrected chi connectivity index (χ3v) is 3.10. The third-order valence-electron chi connectivity index (χ3n) is 2.80. The minimum atomic E-state index is -0.484. The number of aliphatic imine (C=N–C) groups is 1. The Balaban J connectivity index is 2.43. The lowest BCUT2D eigenvalue weighted by atomic mass is 10.0. The van der Waals surface area contributed by atoms with Crippen molar-refractivity contribution in [3.05, 3.63) is 52.8 Å². The molecular formula is C16H13ClFN3. The van der Waals surface area contributed by atoms with Gasteiger partial charge in [-0.05, 0) is 35.4 Å². The van der Waals surface area contributed by atoms with Gasteiger partial charge in [0.1, 0.15) is 11.9 Å². The SMILES string of the molecule is CN(C)/C=N\c1ccc(-c2ccc(Cl)c(F)c2)cc1C#N. The first-order valence-corrected chi connectivity index (χ1v) is 6.59. The highest BCUT2D eigenvalue weighted by molar-refractivity contribution is 6.30. The van der Waals surface area contributed by atoms with Gasteiger partial charge in [0, 0.05) is 14.1 Å². The van der Waals surface area contributed by atoms with Gasteiger partial charge in [0.25, 0.3) is 0 Å². The Morgan fingerprint density at radius 3 is 2.48 bits per heavy atom. The van der Waals surface area contributed by atoms with E-state index in [0.29, 0.717) is 16.8 Å². The molecule has 0 aromatic heterocycles. The van der Waals surface area contributed by atoms with Crippen molar-refractivity contribution in [3.8, 4) is 17.2 Å². The van der Waals surface area contributed by atoms with Crippen LogP contribution in [0, 0.1) is 17.1 Å². The summed E-state index contributed by atoms with van der Waals surface area (Å²) in [5, 5.41) is 9.30. The van der Waals surface area contributed by atoms with Crippen molar-refractivity contribution in [2.24, 2.45) is 4.99 Å². The lowest BCUT2D eigenvalue weighted by Gasteiger charge is -2.06. The molecule has 0 spiro atoms. The first kappa shape index (κ1) is 15.0. The van der Waals surface area contributed by atoms with Crippen LogP contribution in [0.2, 0.25) is 5.02 Å². The third kappa shape index (κ3) is 3.59. The van der Waals surface area contributed by atoms with Crippen molar-refractivity contribution >= 4 is 23.6 Å². The molecule has 0 amide bonds. The molecule has 21 heavy (non-hydrogen) atoms. The van der Waals surface area contributed by atoms with Crippen LogP contribution >= 0.6 is 11.6 Å². The Hall–Kier alpha value is -2.38. The molecule has 3 nitrogen and oxygen atoms in total. The minimum absolute atomic E-state index is 0.0754. The lowest BCUT2D eigenvalue weighted by molar-refractivity contribution is 0.629. The zero-order valence-electron chi connectivity index (χ0n) is 11.6. The molecule has 0 saturated carbocycles. The van der Waals surface area contributed by atoms with Gasteiger partial charge in [0.15, 0.2) is 0 Å². The fourth-order valence-electron chi connectivity index (χ4n) is 1.77. The number of nitrogens with zero attached hydrogens (tertiary/aromatic N) is 3. The summed E-state index contributed by atoms with van der Waals surface area (Å²) >= 11 is 5.67. The highest BCUT2D eigenvalue weighted by atomic mass is 35.5. The summed E-state index contributed by atoms with van der Waals surface area (Å²) < 4.78 is 13.5. The highest BCUT2D eigenvalue weighted by Gasteiger charge is 2.07. The number of nitriles is 1. The number of hydrogen-bond acceptors (Lipinski definition) is 2. The Morgan fingerprint density at radius 2 is 1.86 bits per heavy atom. The van der Waals surface area contributed by atoms with E-state index < -0.39 is 5.82 Å². The predicted molar refractivity (Wildman–Crippen MR) is 83.4 cm³/mol. The van der Waals surface area contributed by atoms with Gasteiger partial charge in [0.05, 0.1) is 22.6 Å². The monoisotopic (exact) mass is 301 g/mol. The fourth-order valence-corrected chi connectivity index (χ4v) is 1.89. The molecule has 0 radical (unpaired) electrons. The second-order valence-corrected chi connectivity index (χ2v) is 5.09. The molecule has 0 aliphatic carbocycles. The molecule has 0 saturated heterocycles. The molecule has 0 N–H and O–H groups in total. The van der Waals surface area contributed by atoms with Gasteiger partial charge >= 0.3 is 0 Å². The average molecular weight is 302 g/mol. The van der Waals surface area contributed by atoms with Gasteiger partial charge in [-0.2, -0.15) is 5.26 Å². The van der Waals surface area contributed by atoms with Crippen LogP contribution < -0.4 is 0 Å². The predicted octanol–water partition coefficient (Wildman–Crippen LogP) is 4.24. The number of halogens is 2. The van der Waals surface area contributed by atoms with Gasteiger partial charge in [-0.1, -0.05) is 23.7 Å². The van der Waals surface area contributed by atoms with Crippen LogP contribution in [0.5, 0.6) is 0 Å². The Kier molecular flexibility index (Phi) is 4.56. The van der Waals surface area contributed by atoms with E-state index in [0.717, 1.165) is 5.56 Å². The molecule has 2 aromatic rings. The van der Waals surface area contributed by atoms with Crippen molar-refractivity contribution in [1.29, 1.82) is 5.26 Å². The van der Waals surface area contributed by atoms with Crippen LogP contribution in [0.4, 0.5) is 10.1 Å². The molecule has 0 unspecified atom stereocenters. The van der Waals surface area contributed by atoms with E-state index in [2.05, 4.69) is 11.1 Å². The van der Waals surface area contributed by atoms with Crippen LogP contribution in [0.3, 0.4) is 0 Å². The number of rotatable bonds is 3. The summed E-state index contributed by atoms with van der Waals surface area (Å²) in [7, 11) is 3.70. The van der Waals surface area contributed by atoms with E-state index in [1.807, 2.05) is 14.1 Å².